The molecule has 34 heavy (non-hydrogen) atoms. The van der Waals surface area contributed by atoms with E-state index in [1.807, 2.05) is 12.1 Å². The SMILES string of the molecule is COc1cccc(CNc2ncnc(N3CCN(C(=O)c4ccco4)CC3)c2[N+](=O)[O-])c1OC. The van der Waals surface area contributed by atoms with Gasteiger partial charge >= 0.3 is 5.69 Å². The molecule has 1 aliphatic heterocycles. The van der Waals surface area contributed by atoms with Gasteiger partial charge in [0, 0.05) is 38.3 Å². The van der Waals surface area contributed by atoms with Crippen molar-refractivity contribution in [2.75, 3.05) is 50.6 Å². The molecule has 0 saturated carbocycles. The summed E-state index contributed by atoms with van der Waals surface area (Å²) in [4.78, 5) is 35.7. The maximum atomic E-state index is 12.5. The highest BCUT2D eigenvalue weighted by molar-refractivity contribution is 5.91. The molecule has 1 amide bonds. The zero-order valence-electron chi connectivity index (χ0n) is 18.8. The number of carbonyl (C=O) groups is 1. The van der Waals surface area contributed by atoms with E-state index in [1.54, 1.807) is 35.1 Å². The lowest BCUT2D eigenvalue weighted by molar-refractivity contribution is -0.383. The summed E-state index contributed by atoms with van der Waals surface area (Å²) in [5.74, 6) is 1.44. The van der Waals surface area contributed by atoms with Gasteiger partial charge in [0.1, 0.15) is 6.33 Å². The number of hydrogen-bond donors (Lipinski definition) is 1. The number of benzene rings is 1. The number of nitrogens with one attached hydrogen (secondary N) is 1. The molecule has 3 aromatic rings. The molecule has 1 N–H and O–H groups in total. The Morgan fingerprint density at radius 2 is 1.94 bits per heavy atom. The molecule has 0 spiro atoms. The molecule has 0 radical (unpaired) electrons. The number of aromatic nitrogens is 2. The van der Waals surface area contributed by atoms with Gasteiger partial charge in [0.25, 0.3) is 5.91 Å². The van der Waals surface area contributed by atoms with Crippen LogP contribution in [0.2, 0.25) is 0 Å². The fraction of sp³-hybridized carbons (Fsp3) is 0.318. The van der Waals surface area contributed by atoms with Crippen LogP contribution in [-0.2, 0) is 6.54 Å². The van der Waals surface area contributed by atoms with Crippen molar-refractivity contribution in [1.29, 1.82) is 0 Å². The number of ether oxygens (including phenoxy) is 2. The van der Waals surface area contributed by atoms with Gasteiger partial charge in [-0.2, -0.15) is 0 Å². The number of anilines is 2. The Bertz CT molecular complexity index is 1160. The second kappa shape index (κ2) is 10.1. The Labute approximate surface area is 195 Å². The Morgan fingerprint density at radius 3 is 2.59 bits per heavy atom. The van der Waals surface area contributed by atoms with Crippen molar-refractivity contribution < 1.29 is 23.6 Å². The Hall–Kier alpha value is -4.35. The van der Waals surface area contributed by atoms with Crippen molar-refractivity contribution in [2.45, 2.75) is 6.54 Å². The minimum absolute atomic E-state index is 0.0916. The van der Waals surface area contributed by atoms with Gasteiger partial charge in [0.15, 0.2) is 17.3 Å². The van der Waals surface area contributed by atoms with Gasteiger partial charge in [-0.15, -0.1) is 0 Å². The summed E-state index contributed by atoms with van der Waals surface area (Å²) >= 11 is 0. The smallest absolute Gasteiger partial charge is 0.353 e. The van der Waals surface area contributed by atoms with E-state index in [0.29, 0.717) is 37.7 Å². The number of hydrogen-bond acceptors (Lipinski definition) is 10. The first-order chi connectivity index (χ1) is 16.5. The van der Waals surface area contributed by atoms with Crippen LogP contribution in [0.4, 0.5) is 17.3 Å². The third kappa shape index (κ3) is 4.56. The number of nitrogens with zero attached hydrogens (tertiary/aromatic N) is 5. The Kier molecular flexibility index (Phi) is 6.76. The summed E-state index contributed by atoms with van der Waals surface area (Å²) in [6.45, 7) is 1.75. The molecule has 12 heteroatoms. The number of carbonyl (C=O) groups excluding carboxylic acids is 1. The third-order valence-corrected chi connectivity index (χ3v) is 5.51. The molecule has 1 fully saturated rings. The lowest BCUT2D eigenvalue weighted by atomic mass is 10.2. The molecule has 0 unspecified atom stereocenters. The van der Waals surface area contributed by atoms with Gasteiger partial charge in [-0.1, -0.05) is 12.1 Å². The summed E-state index contributed by atoms with van der Waals surface area (Å²) in [5.41, 5.74) is 0.525. The van der Waals surface area contributed by atoms with Crippen LogP contribution in [0, 0.1) is 10.1 Å². The molecule has 4 rings (SSSR count). The first-order valence-electron chi connectivity index (χ1n) is 10.5. The van der Waals surface area contributed by atoms with Gasteiger partial charge in [0.2, 0.25) is 11.6 Å². The van der Waals surface area contributed by atoms with Gasteiger partial charge in [-0.05, 0) is 18.2 Å². The van der Waals surface area contributed by atoms with Crippen molar-refractivity contribution in [2.24, 2.45) is 0 Å². The normalized spacial score (nSPS) is 13.5. The third-order valence-electron chi connectivity index (χ3n) is 5.51. The van der Waals surface area contributed by atoms with Crippen molar-refractivity contribution in [3.63, 3.8) is 0 Å². The Balaban J connectivity index is 1.51. The van der Waals surface area contributed by atoms with Crippen LogP contribution in [-0.4, -0.2) is 66.1 Å². The number of nitro groups is 1. The standard InChI is InChI=1S/C22H24N6O6/c1-32-16-6-3-5-15(19(16)33-2)13-23-20-18(28(30)31)21(25-14-24-20)26-8-10-27(11-9-26)22(29)17-7-4-12-34-17/h3-7,12,14H,8-11,13H2,1-2H3,(H,23,24,25). The summed E-state index contributed by atoms with van der Waals surface area (Å²) in [7, 11) is 3.07. The van der Waals surface area contributed by atoms with Crippen molar-refractivity contribution in [1.82, 2.24) is 14.9 Å². The van der Waals surface area contributed by atoms with Crippen LogP contribution in [0.15, 0.2) is 47.3 Å². The zero-order valence-corrected chi connectivity index (χ0v) is 18.8. The summed E-state index contributed by atoms with van der Waals surface area (Å²) in [5, 5.41) is 15.0. The van der Waals surface area contributed by atoms with Gasteiger partial charge in [0.05, 0.1) is 25.4 Å². The predicted octanol–water partition coefficient (Wildman–Crippen LogP) is 2.57. The predicted molar refractivity (Wildman–Crippen MR) is 122 cm³/mol. The van der Waals surface area contributed by atoms with Crippen molar-refractivity contribution in [3.05, 3.63) is 64.4 Å². The summed E-state index contributed by atoms with van der Waals surface area (Å²) in [6, 6.07) is 8.67. The number of methoxy groups -OCH3 is 2. The van der Waals surface area contributed by atoms with E-state index in [0.717, 1.165) is 5.56 Å². The molecule has 2 aromatic heterocycles. The first-order valence-corrected chi connectivity index (χ1v) is 10.5. The van der Waals surface area contributed by atoms with Crippen LogP contribution < -0.4 is 19.7 Å². The molecule has 178 valence electrons. The molecule has 0 bridgehead atoms. The zero-order chi connectivity index (χ0) is 24.1. The van der Waals surface area contributed by atoms with E-state index < -0.39 is 4.92 Å². The summed E-state index contributed by atoms with van der Waals surface area (Å²) in [6.07, 6.45) is 2.73. The molecule has 12 nitrogen and oxygen atoms in total. The number of piperazine rings is 1. The molecule has 1 saturated heterocycles. The molecule has 1 aromatic carbocycles. The topological polar surface area (TPSA) is 136 Å². The second-order valence-corrected chi connectivity index (χ2v) is 7.41. The van der Waals surface area contributed by atoms with Crippen LogP contribution in [0.5, 0.6) is 11.5 Å². The Morgan fingerprint density at radius 1 is 1.15 bits per heavy atom. The molecule has 0 atom stereocenters. The number of rotatable bonds is 8. The minimum Gasteiger partial charge on any atom is -0.493 e. The average molecular weight is 468 g/mol. The van der Waals surface area contributed by atoms with E-state index in [2.05, 4.69) is 15.3 Å². The maximum absolute atomic E-state index is 12.5. The largest absolute Gasteiger partial charge is 0.493 e. The van der Waals surface area contributed by atoms with Crippen LogP contribution >= 0.6 is 0 Å². The highest BCUT2D eigenvalue weighted by Gasteiger charge is 2.31. The summed E-state index contributed by atoms with van der Waals surface area (Å²) < 4.78 is 15.9. The molecular formula is C22H24N6O6. The highest BCUT2D eigenvalue weighted by Crippen LogP contribution is 2.35. The van der Waals surface area contributed by atoms with E-state index in [4.69, 9.17) is 13.9 Å². The minimum atomic E-state index is -0.499. The van der Waals surface area contributed by atoms with E-state index >= 15 is 0 Å². The number of amides is 1. The van der Waals surface area contributed by atoms with E-state index in [-0.39, 0.29) is 35.5 Å². The number of para-hydroxylation sites is 1. The first kappa shape index (κ1) is 22.8. The van der Waals surface area contributed by atoms with Crippen LogP contribution in [0.1, 0.15) is 16.1 Å². The van der Waals surface area contributed by atoms with Gasteiger partial charge in [-0.25, -0.2) is 9.97 Å². The van der Waals surface area contributed by atoms with Crippen molar-refractivity contribution >= 4 is 23.2 Å². The van der Waals surface area contributed by atoms with E-state index in [1.165, 1.54) is 19.7 Å². The fourth-order valence-electron chi connectivity index (χ4n) is 3.85. The highest BCUT2D eigenvalue weighted by atomic mass is 16.6. The number of furan rings is 1. The average Bonchev–Trinajstić information content (AvgIpc) is 3.41. The van der Waals surface area contributed by atoms with E-state index in [9.17, 15) is 14.9 Å². The quantitative estimate of drug-likeness (QED) is 0.388. The molecular weight excluding hydrogens is 444 g/mol. The van der Waals surface area contributed by atoms with Gasteiger partial charge < -0.3 is 29.0 Å². The van der Waals surface area contributed by atoms with Gasteiger partial charge in [-0.3, -0.25) is 14.9 Å². The second-order valence-electron chi connectivity index (χ2n) is 7.41. The van der Waals surface area contributed by atoms with Crippen LogP contribution in [0.25, 0.3) is 0 Å². The molecule has 1 aliphatic rings. The molecule has 3 heterocycles. The van der Waals surface area contributed by atoms with Crippen molar-refractivity contribution in [3.8, 4) is 11.5 Å². The lowest BCUT2D eigenvalue weighted by Crippen LogP contribution is -2.49. The maximum Gasteiger partial charge on any atom is 0.353 e. The monoisotopic (exact) mass is 468 g/mol. The fourth-order valence-corrected chi connectivity index (χ4v) is 3.85. The lowest BCUT2D eigenvalue weighted by Gasteiger charge is -2.34. The van der Waals surface area contributed by atoms with Crippen LogP contribution in [0.3, 0.4) is 0 Å². The molecule has 0 aliphatic carbocycles.